The third-order valence-electron chi connectivity index (χ3n) is 6.29. The summed E-state index contributed by atoms with van der Waals surface area (Å²) in [5.41, 5.74) is 6.15. The summed E-state index contributed by atoms with van der Waals surface area (Å²) in [6.07, 6.45) is 9.61. The number of phenols is 2. The van der Waals surface area contributed by atoms with Crippen LogP contribution in [0.15, 0.2) is 65.8 Å². The van der Waals surface area contributed by atoms with Gasteiger partial charge < -0.3 is 15.3 Å². The Morgan fingerprint density at radius 2 is 1.76 bits per heavy atom. The fourth-order valence-electron chi connectivity index (χ4n) is 4.90. The van der Waals surface area contributed by atoms with Crippen molar-refractivity contribution in [2.75, 3.05) is 0 Å². The van der Waals surface area contributed by atoms with Crippen molar-refractivity contribution in [1.82, 2.24) is 0 Å². The third-order valence-corrected chi connectivity index (χ3v) is 6.29. The summed E-state index contributed by atoms with van der Waals surface area (Å²) >= 11 is 0. The second kappa shape index (κ2) is 7.78. The summed E-state index contributed by atoms with van der Waals surface area (Å²) in [7, 11) is 0. The first kappa shape index (κ1) is 19.3. The Labute approximate surface area is 170 Å². The van der Waals surface area contributed by atoms with Crippen LogP contribution < -0.4 is 0 Å². The fraction of sp³-hybridized carbons (Fsp3) is 0.320. The minimum absolute atomic E-state index is 0.123. The first-order valence-corrected chi connectivity index (χ1v) is 10.2. The maximum absolute atomic E-state index is 10.8. The number of carboxylic acid groups (broad SMARTS) is 1. The van der Waals surface area contributed by atoms with Gasteiger partial charge in [0, 0.05) is 11.8 Å². The largest absolute Gasteiger partial charge is 0.508 e. The SMILES string of the molecule is O=C(O)CCC=C1C=C2CCc3cc(O)ccc3C2(Cc2ccc(O)cc2)CC1. The van der Waals surface area contributed by atoms with E-state index in [0.717, 1.165) is 32.1 Å². The smallest absolute Gasteiger partial charge is 0.303 e. The number of allylic oxidation sites excluding steroid dienone is 4. The Morgan fingerprint density at radius 1 is 1.00 bits per heavy atom. The van der Waals surface area contributed by atoms with Gasteiger partial charge in [-0.15, -0.1) is 0 Å². The van der Waals surface area contributed by atoms with E-state index in [1.54, 1.807) is 18.2 Å². The molecule has 29 heavy (non-hydrogen) atoms. The predicted octanol–water partition coefficient (Wildman–Crippen LogP) is 5.04. The van der Waals surface area contributed by atoms with Gasteiger partial charge in [0.25, 0.3) is 0 Å². The quantitative estimate of drug-likeness (QED) is 0.669. The van der Waals surface area contributed by atoms with Gasteiger partial charge in [0.1, 0.15) is 11.5 Å². The molecule has 4 rings (SSSR count). The highest BCUT2D eigenvalue weighted by molar-refractivity contribution is 5.66. The molecule has 2 aliphatic carbocycles. The minimum Gasteiger partial charge on any atom is -0.508 e. The molecule has 0 saturated heterocycles. The summed E-state index contributed by atoms with van der Waals surface area (Å²) in [5, 5.41) is 28.5. The molecule has 3 N–H and O–H groups in total. The Balaban J connectivity index is 1.74. The molecule has 1 unspecified atom stereocenters. The molecule has 4 heteroatoms. The summed E-state index contributed by atoms with van der Waals surface area (Å²) in [6.45, 7) is 0. The average Bonchev–Trinajstić information content (AvgIpc) is 2.69. The first-order chi connectivity index (χ1) is 14.0. The van der Waals surface area contributed by atoms with Gasteiger partial charge in [-0.05, 0) is 79.5 Å². The highest BCUT2D eigenvalue weighted by Crippen LogP contribution is 2.51. The van der Waals surface area contributed by atoms with E-state index in [9.17, 15) is 15.0 Å². The van der Waals surface area contributed by atoms with Gasteiger partial charge in [0.2, 0.25) is 0 Å². The number of aromatic hydroxyl groups is 2. The zero-order valence-electron chi connectivity index (χ0n) is 16.4. The van der Waals surface area contributed by atoms with Gasteiger partial charge in [-0.2, -0.15) is 0 Å². The topological polar surface area (TPSA) is 77.8 Å². The Bertz CT molecular complexity index is 984. The van der Waals surface area contributed by atoms with Crippen molar-refractivity contribution >= 4 is 5.97 Å². The van der Waals surface area contributed by atoms with Crippen molar-refractivity contribution in [3.05, 3.63) is 82.5 Å². The van der Waals surface area contributed by atoms with E-state index in [-0.39, 0.29) is 17.6 Å². The molecule has 1 atom stereocenters. The number of carbonyl (C=O) groups is 1. The Kier molecular flexibility index (Phi) is 5.18. The lowest BCUT2D eigenvalue weighted by atomic mass is 9.59. The highest BCUT2D eigenvalue weighted by atomic mass is 16.4. The van der Waals surface area contributed by atoms with Crippen LogP contribution in [0.5, 0.6) is 11.5 Å². The molecule has 0 amide bonds. The number of hydrogen-bond donors (Lipinski definition) is 3. The van der Waals surface area contributed by atoms with Crippen LogP contribution in [-0.4, -0.2) is 21.3 Å². The van der Waals surface area contributed by atoms with Gasteiger partial charge in [0.05, 0.1) is 0 Å². The molecule has 0 radical (unpaired) electrons. The maximum atomic E-state index is 10.8. The van der Waals surface area contributed by atoms with Crippen LogP contribution in [0.4, 0.5) is 0 Å². The molecule has 2 aromatic carbocycles. The van der Waals surface area contributed by atoms with Gasteiger partial charge in [-0.25, -0.2) is 0 Å². The zero-order chi connectivity index (χ0) is 20.4. The van der Waals surface area contributed by atoms with E-state index < -0.39 is 5.97 Å². The molecule has 0 fully saturated rings. The molecule has 0 aromatic heterocycles. The van der Waals surface area contributed by atoms with Crippen LogP contribution in [0.2, 0.25) is 0 Å². The lowest BCUT2D eigenvalue weighted by Crippen LogP contribution is -2.37. The van der Waals surface area contributed by atoms with Crippen molar-refractivity contribution in [2.24, 2.45) is 0 Å². The van der Waals surface area contributed by atoms with Crippen LogP contribution >= 0.6 is 0 Å². The summed E-state index contributed by atoms with van der Waals surface area (Å²) in [4.78, 5) is 10.8. The van der Waals surface area contributed by atoms with Crippen LogP contribution in [-0.2, 0) is 23.1 Å². The van der Waals surface area contributed by atoms with Crippen molar-refractivity contribution in [1.29, 1.82) is 0 Å². The second-order valence-electron chi connectivity index (χ2n) is 8.15. The molecule has 4 nitrogen and oxygen atoms in total. The zero-order valence-corrected chi connectivity index (χ0v) is 16.4. The van der Waals surface area contributed by atoms with Crippen LogP contribution in [0.25, 0.3) is 0 Å². The molecule has 2 aromatic rings. The van der Waals surface area contributed by atoms with Crippen molar-refractivity contribution in [3.63, 3.8) is 0 Å². The van der Waals surface area contributed by atoms with Crippen molar-refractivity contribution in [3.8, 4) is 11.5 Å². The normalized spacial score (nSPS) is 21.9. The van der Waals surface area contributed by atoms with Crippen molar-refractivity contribution < 1.29 is 20.1 Å². The maximum Gasteiger partial charge on any atom is 0.303 e. The van der Waals surface area contributed by atoms with Gasteiger partial charge in [-0.1, -0.05) is 41.5 Å². The number of fused-ring (bicyclic) bond motifs is 3. The number of hydrogen-bond acceptors (Lipinski definition) is 3. The number of phenolic OH excluding ortho intramolecular Hbond substituents is 2. The summed E-state index contributed by atoms with van der Waals surface area (Å²) in [6, 6.07) is 13.2. The molecule has 0 spiro atoms. The fourth-order valence-corrected chi connectivity index (χ4v) is 4.90. The van der Waals surface area contributed by atoms with Crippen LogP contribution in [0, 0.1) is 0 Å². The van der Waals surface area contributed by atoms with Gasteiger partial charge in [-0.3, -0.25) is 4.79 Å². The van der Waals surface area contributed by atoms with Crippen molar-refractivity contribution in [2.45, 2.75) is 50.4 Å². The Hall–Kier alpha value is -3.01. The lowest BCUT2D eigenvalue weighted by Gasteiger charge is -2.45. The molecule has 0 heterocycles. The van der Waals surface area contributed by atoms with Gasteiger partial charge >= 0.3 is 5.97 Å². The molecule has 2 aliphatic rings. The molecule has 150 valence electrons. The standard InChI is InChI=1S/C25H26O4/c26-21-8-4-18(5-9-21)16-25-13-12-17(2-1-3-24(28)29)14-20(25)7-6-19-15-22(27)10-11-23(19)25/h2,4-5,8-11,14-15,26-27H,1,3,6-7,12-13,16H2,(H,28,29). The van der Waals surface area contributed by atoms with E-state index in [2.05, 4.69) is 18.2 Å². The molecular formula is C25H26O4. The van der Waals surface area contributed by atoms with E-state index in [0.29, 0.717) is 12.2 Å². The first-order valence-electron chi connectivity index (χ1n) is 10.2. The number of aliphatic carboxylic acids is 1. The number of benzene rings is 2. The highest BCUT2D eigenvalue weighted by Gasteiger charge is 2.42. The number of aryl methyl sites for hydroxylation is 1. The summed E-state index contributed by atoms with van der Waals surface area (Å²) < 4.78 is 0. The van der Waals surface area contributed by atoms with Gasteiger partial charge in [0.15, 0.2) is 0 Å². The monoisotopic (exact) mass is 390 g/mol. The number of carboxylic acids is 1. The average molecular weight is 390 g/mol. The lowest BCUT2D eigenvalue weighted by molar-refractivity contribution is -0.136. The minimum atomic E-state index is -0.765. The molecule has 0 bridgehead atoms. The molecule has 0 aliphatic heterocycles. The molecular weight excluding hydrogens is 364 g/mol. The molecule has 0 saturated carbocycles. The third kappa shape index (κ3) is 3.93. The Morgan fingerprint density at radius 3 is 2.52 bits per heavy atom. The summed E-state index contributed by atoms with van der Waals surface area (Å²) in [5.74, 6) is -0.192. The van der Waals surface area contributed by atoms with E-state index in [1.165, 1.54) is 27.8 Å². The number of rotatable bonds is 5. The van der Waals surface area contributed by atoms with E-state index >= 15 is 0 Å². The predicted molar refractivity (Wildman–Crippen MR) is 112 cm³/mol. The second-order valence-corrected chi connectivity index (χ2v) is 8.15. The van der Waals surface area contributed by atoms with Crippen LogP contribution in [0.1, 0.15) is 48.8 Å². The van der Waals surface area contributed by atoms with E-state index in [1.807, 2.05) is 18.2 Å². The van der Waals surface area contributed by atoms with E-state index in [4.69, 9.17) is 5.11 Å². The van der Waals surface area contributed by atoms with Crippen LogP contribution in [0.3, 0.4) is 0 Å².